The number of H-pyrrole nitrogens is 1. The Hall–Kier alpha value is -1.78. The normalized spacial score (nSPS) is 15.5. The third kappa shape index (κ3) is 1.09. The van der Waals surface area contributed by atoms with E-state index in [1.54, 1.807) is 7.05 Å². The van der Waals surface area contributed by atoms with E-state index in [0.717, 1.165) is 5.69 Å². The highest BCUT2D eigenvalue weighted by Crippen LogP contribution is 2.21. The smallest absolute Gasteiger partial charge is 0.338 e. The number of nitrogens with one attached hydrogen (secondary N) is 1. The van der Waals surface area contributed by atoms with Gasteiger partial charge in [-0.2, -0.15) is 0 Å². The van der Waals surface area contributed by atoms with Gasteiger partial charge in [-0.25, -0.2) is 4.79 Å². The fourth-order valence-corrected chi connectivity index (χ4v) is 1.65. The van der Waals surface area contributed by atoms with Gasteiger partial charge >= 0.3 is 5.97 Å². The van der Waals surface area contributed by atoms with E-state index in [2.05, 4.69) is 4.98 Å². The minimum Gasteiger partial charge on any atom is -0.478 e. The largest absolute Gasteiger partial charge is 0.478 e. The number of nitrogens with zero attached hydrogens (tertiary/aromatic N) is 1. The summed E-state index contributed by atoms with van der Waals surface area (Å²) in [5.74, 6) is -1.28. The first kappa shape index (κ1) is 8.80. The third-order valence-electron chi connectivity index (χ3n) is 2.45. The van der Waals surface area contributed by atoms with Gasteiger partial charge in [-0.05, 0) is 0 Å². The summed E-state index contributed by atoms with van der Waals surface area (Å²) in [6.45, 7) is 0.630. The van der Waals surface area contributed by atoms with E-state index in [-0.39, 0.29) is 11.5 Å². The van der Waals surface area contributed by atoms with Crippen LogP contribution in [0, 0.1) is 0 Å². The van der Waals surface area contributed by atoms with Crippen molar-refractivity contribution in [2.24, 2.45) is 0 Å². The van der Waals surface area contributed by atoms with Crippen molar-refractivity contribution in [3.8, 4) is 0 Å². The van der Waals surface area contributed by atoms with Crippen LogP contribution in [0.25, 0.3) is 0 Å². The highest BCUT2D eigenvalue weighted by molar-refractivity contribution is 6.06. The van der Waals surface area contributed by atoms with Crippen molar-refractivity contribution in [1.82, 2.24) is 9.88 Å². The molecule has 5 nitrogen and oxygen atoms in total. The predicted molar refractivity (Wildman–Crippen MR) is 48.4 cm³/mol. The summed E-state index contributed by atoms with van der Waals surface area (Å²) in [5, 5.41) is 8.84. The zero-order valence-corrected chi connectivity index (χ0v) is 7.70. The fourth-order valence-electron chi connectivity index (χ4n) is 1.65. The Balaban J connectivity index is 2.55. The second kappa shape index (κ2) is 2.87. The Morgan fingerprint density at radius 1 is 1.64 bits per heavy atom. The molecule has 1 aromatic heterocycles. The monoisotopic (exact) mass is 194 g/mol. The first-order valence-electron chi connectivity index (χ1n) is 4.30. The predicted octanol–water partition coefficient (Wildman–Crippen LogP) is 0.341. The number of aromatic carboxylic acids is 1. The number of carbonyl (C=O) groups is 2. The average molecular weight is 194 g/mol. The molecule has 0 bridgehead atoms. The molecule has 0 saturated carbocycles. The molecule has 2 N–H and O–H groups in total. The average Bonchev–Trinajstić information content (AvgIpc) is 2.55. The molecule has 0 radical (unpaired) electrons. The van der Waals surface area contributed by atoms with Crippen LogP contribution in [0.2, 0.25) is 0 Å². The molecule has 1 aliphatic heterocycles. The number of likely N-dealkylation sites (N-methyl/N-ethyl adjacent to an activating group) is 1. The molecule has 0 saturated heterocycles. The molecule has 0 aliphatic carbocycles. The van der Waals surface area contributed by atoms with Crippen LogP contribution in [0.4, 0.5) is 0 Å². The molecule has 2 rings (SSSR count). The molecule has 2 heterocycles. The van der Waals surface area contributed by atoms with Crippen LogP contribution in [0.5, 0.6) is 0 Å². The lowest BCUT2D eigenvalue weighted by atomic mass is 10.0. The van der Waals surface area contributed by atoms with Gasteiger partial charge in [0.2, 0.25) is 0 Å². The maximum atomic E-state index is 11.6. The number of carboxylic acid groups (broad SMARTS) is 1. The van der Waals surface area contributed by atoms with Crippen molar-refractivity contribution >= 4 is 11.9 Å². The van der Waals surface area contributed by atoms with Crippen LogP contribution in [-0.2, 0) is 6.42 Å². The van der Waals surface area contributed by atoms with Crippen molar-refractivity contribution in [2.75, 3.05) is 13.6 Å². The van der Waals surface area contributed by atoms with Crippen molar-refractivity contribution in [3.63, 3.8) is 0 Å². The number of hydrogen-bond acceptors (Lipinski definition) is 2. The molecule has 5 heteroatoms. The zero-order valence-electron chi connectivity index (χ0n) is 7.70. The summed E-state index contributed by atoms with van der Waals surface area (Å²) < 4.78 is 0. The van der Waals surface area contributed by atoms with Gasteiger partial charge in [-0.3, -0.25) is 4.79 Å². The number of amides is 1. The first-order chi connectivity index (χ1) is 6.61. The van der Waals surface area contributed by atoms with Gasteiger partial charge in [0.05, 0.1) is 11.1 Å². The van der Waals surface area contributed by atoms with Crippen molar-refractivity contribution in [2.45, 2.75) is 6.42 Å². The highest BCUT2D eigenvalue weighted by Gasteiger charge is 2.28. The third-order valence-corrected chi connectivity index (χ3v) is 2.45. The van der Waals surface area contributed by atoms with Crippen molar-refractivity contribution in [1.29, 1.82) is 0 Å². The molecular formula is C9H10N2O3. The molecule has 0 aromatic carbocycles. The highest BCUT2D eigenvalue weighted by atomic mass is 16.4. The molecule has 0 atom stereocenters. The molecule has 0 unspecified atom stereocenters. The van der Waals surface area contributed by atoms with Gasteiger partial charge in [-0.1, -0.05) is 0 Å². The summed E-state index contributed by atoms with van der Waals surface area (Å²) in [5.41, 5.74) is 1.10. The van der Waals surface area contributed by atoms with E-state index in [4.69, 9.17) is 5.11 Å². The Labute approximate surface area is 80.3 Å². The lowest BCUT2D eigenvalue weighted by Gasteiger charge is -2.22. The summed E-state index contributed by atoms with van der Waals surface area (Å²) in [4.78, 5) is 26.8. The molecule has 1 amide bonds. The molecule has 0 fully saturated rings. The van der Waals surface area contributed by atoms with Gasteiger partial charge in [0.1, 0.15) is 0 Å². The number of carboxylic acids is 1. The van der Waals surface area contributed by atoms with E-state index in [0.29, 0.717) is 18.5 Å². The molecular weight excluding hydrogens is 184 g/mol. The molecule has 1 aliphatic rings. The van der Waals surface area contributed by atoms with E-state index >= 15 is 0 Å². The van der Waals surface area contributed by atoms with Crippen LogP contribution in [0.1, 0.15) is 26.4 Å². The quantitative estimate of drug-likeness (QED) is 0.677. The maximum absolute atomic E-state index is 11.6. The summed E-state index contributed by atoms with van der Waals surface area (Å²) in [6, 6.07) is 0. The lowest BCUT2D eigenvalue weighted by Crippen LogP contribution is -2.34. The number of hydrogen-bond donors (Lipinski definition) is 2. The summed E-state index contributed by atoms with van der Waals surface area (Å²) in [6.07, 6.45) is 2.06. The van der Waals surface area contributed by atoms with Crippen molar-refractivity contribution in [3.05, 3.63) is 23.0 Å². The number of aromatic nitrogens is 1. The van der Waals surface area contributed by atoms with Gasteiger partial charge in [0, 0.05) is 31.9 Å². The topological polar surface area (TPSA) is 73.4 Å². The van der Waals surface area contributed by atoms with Crippen LogP contribution in [-0.4, -0.2) is 40.5 Å². The van der Waals surface area contributed by atoms with E-state index in [9.17, 15) is 9.59 Å². The van der Waals surface area contributed by atoms with Gasteiger partial charge in [0.25, 0.3) is 5.91 Å². The number of fused-ring (bicyclic) bond motifs is 1. The summed E-state index contributed by atoms with van der Waals surface area (Å²) >= 11 is 0. The van der Waals surface area contributed by atoms with Crippen LogP contribution < -0.4 is 0 Å². The fraction of sp³-hybridized carbons (Fsp3) is 0.333. The standard InChI is InChI=1S/C9H10N2O3/c1-11-3-2-6-7(8(11)12)5(4-10-6)9(13)14/h4,10H,2-3H2,1H3,(H,13,14). The second-order valence-electron chi connectivity index (χ2n) is 3.34. The van der Waals surface area contributed by atoms with Crippen LogP contribution >= 0.6 is 0 Å². The van der Waals surface area contributed by atoms with Crippen molar-refractivity contribution < 1.29 is 14.7 Å². The maximum Gasteiger partial charge on any atom is 0.338 e. The Bertz CT molecular complexity index is 408. The SMILES string of the molecule is CN1CCc2[nH]cc(C(=O)O)c2C1=O. The Kier molecular flexibility index (Phi) is 1.80. The van der Waals surface area contributed by atoms with Gasteiger partial charge in [-0.15, -0.1) is 0 Å². The lowest BCUT2D eigenvalue weighted by molar-refractivity contribution is 0.0679. The minimum absolute atomic E-state index is 0.0663. The Morgan fingerprint density at radius 3 is 3.00 bits per heavy atom. The number of carbonyl (C=O) groups excluding carboxylic acids is 1. The van der Waals surface area contributed by atoms with Crippen LogP contribution in [0.3, 0.4) is 0 Å². The Morgan fingerprint density at radius 2 is 2.36 bits per heavy atom. The molecule has 14 heavy (non-hydrogen) atoms. The zero-order chi connectivity index (χ0) is 10.3. The van der Waals surface area contributed by atoms with Gasteiger partial charge in [0.15, 0.2) is 0 Å². The van der Waals surface area contributed by atoms with E-state index in [1.165, 1.54) is 11.1 Å². The van der Waals surface area contributed by atoms with Crippen LogP contribution in [0.15, 0.2) is 6.20 Å². The van der Waals surface area contributed by atoms with E-state index in [1.807, 2.05) is 0 Å². The molecule has 1 aromatic rings. The second-order valence-corrected chi connectivity index (χ2v) is 3.34. The minimum atomic E-state index is -1.06. The molecule has 0 spiro atoms. The first-order valence-corrected chi connectivity index (χ1v) is 4.30. The number of rotatable bonds is 1. The summed E-state index contributed by atoms with van der Waals surface area (Å²) in [7, 11) is 1.67. The van der Waals surface area contributed by atoms with Gasteiger partial charge < -0.3 is 15.0 Å². The van der Waals surface area contributed by atoms with E-state index < -0.39 is 5.97 Å². The number of aromatic amines is 1. The molecule has 74 valence electrons.